The van der Waals surface area contributed by atoms with Crippen molar-refractivity contribution in [3.05, 3.63) is 52.8 Å². The van der Waals surface area contributed by atoms with Crippen LogP contribution in [0.2, 0.25) is 0 Å². The minimum atomic E-state index is 1.00. The zero-order valence-electron chi connectivity index (χ0n) is 9.31. The van der Waals surface area contributed by atoms with E-state index in [9.17, 15) is 0 Å². The first-order valence-corrected chi connectivity index (χ1v) is 5.88. The third kappa shape index (κ3) is 2.09. The van der Waals surface area contributed by atoms with E-state index in [-0.39, 0.29) is 0 Å². The van der Waals surface area contributed by atoms with Crippen LogP contribution in [0, 0.1) is 6.92 Å². The van der Waals surface area contributed by atoms with Gasteiger partial charge in [0.2, 0.25) is 0 Å². The van der Waals surface area contributed by atoms with Crippen molar-refractivity contribution in [3.63, 3.8) is 0 Å². The van der Waals surface area contributed by atoms with Crippen molar-refractivity contribution in [1.29, 1.82) is 0 Å². The second-order valence-electron chi connectivity index (χ2n) is 3.67. The number of para-hydroxylation sites is 1. The molecule has 1 aromatic carbocycles. The van der Waals surface area contributed by atoms with Gasteiger partial charge in [0.1, 0.15) is 0 Å². The highest BCUT2D eigenvalue weighted by Gasteiger charge is 2.08. The summed E-state index contributed by atoms with van der Waals surface area (Å²) in [6.45, 7) is 2.11. The minimum Gasteiger partial charge on any atom is -0.343 e. The maximum atomic E-state index is 4.07. The molecule has 2 nitrogen and oxygen atoms in total. The number of rotatable bonds is 2. The Bertz CT molecular complexity index is 451. The Morgan fingerprint density at radius 2 is 1.88 bits per heavy atom. The van der Waals surface area contributed by atoms with Crippen molar-refractivity contribution in [2.75, 3.05) is 11.9 Å². The van der Waals surface area contributed by atoms with E-state index in [0.717, 1.165) is 10.2 Å². The Morgan fingerprint density at radius 1 is 1.12 bits per heavy atom. The summed E-state index contributed by atoms with van der Waals surface area (Å²) < 4.78 is 1.00. The number of hydrogen-bond acceptors (Lipinski definition) is 2. The normalized spacial score (nSPS) is 10.2. The highest BCUT2D eigenvalue weighted by Crippen LogP contribution is 2.31. The molecular weight excluding hydrogens is 264 g/mol. The van der Waals surface area contributed by atoms with Crippen LogP contribution in [0.25, 0.3) is 0 Å². The van der Waals surface area contributed by atoms with E-state index in [4.69, 9.17) is 0 Å². The van der Waals surface area contributed by atoms with E-state index in [0.29, 0.717) is 0 Å². The number of aromatic nitrogens is 1. The predicted octanol–water partition coefficient (Wildman–Crippen LogP) is 3.92. The molecule has 0 amide bonds. The lowest BCUT2D eigenvalue weighted by Gasteiger charge is -2.22. The topological polar surface area (TPSA) is 16.1 Å². The van der Waals surface area contributed by atoms with Gasteiger partial charge in [0.15, 0.2) is 0 Å². The molecule has 0 fully saturated rings. The molecule has 0 spiro atoms. The monoisotopic (exact) mass is 276 g/mol. The molecule has 0 bridgehead atoms. The van der Waals surface area contributed by atoms with Crippen molar-refractivity contribution >= 4 is 27.3 Å². The zero-order chi connectivity index (χ0) is 11.5. The van der Waals surface area contributed by atoms with Crippen molar-refractivity contribution in [1.82, 2.24) is 4.98 Å². The van der Waals surface area contributed by atoms with Gasteiger partial charge < -0.3 is 4.90 Å². The first kappa shape index (κ1) is 11.1. The maximum Gasteiger partial charge on any atom is 0.0595 e. The number of nitrogens with zero attached hydrogens (tertiary/aromatic N) is 2. The van der Waals surface area contributed by atoms with Gasteiger partial charge in [0, 0.05) is 25.1 Å². The first-order valence-electron chi connectivity index (χ1n) is 5.09. The van der Waals surface area contributed by atoms with Crippen LogP contribution in [-0.2, 0) is 0 Å². The minimum absolute atomic E-state index is 1.00. The summed E-state index contributed by atoms with van der Waals surface area (Å²) in [5.41, 5.74) is 3.58. The lowest BCUT2D eigenvalue weighted by atomic mass is 10.2. The average molecular weight is 277 g/mol. The van der Waals surface area contributed by atoms with Crippen LogP contribution < -0.4 is 4.90 Å². The summed E-state index contributed by atoms with van der Waals surface area (Å²) >= 11 is 3.51. The Morgan fingerprint density at radius 3 is 2.56 bits per heavy atom. The molecule has 2 aromatic rings. The van der Waals surface area contributed by atoms with Gasteiger partial charge in [-0.05, 0) is 40.5 Å². The highest BCUT2D eigenvalue weighted by molar-refractivity contribution is 9.10. The van der Waals surface area contributed by atoms with Crippen molar-refractivity contribution in [3.8, 4) is 0 Å². The molecule has 3 heteroatoms. The summed E-state index contributed by atoms with van der Waals surface area (Å²) in [6, 6.07) is 10.3. The van der Waals surface area contributed by atoms with Gasteiger partial charge in [-0.1, -0.05) is 18.2 Å². The lowest BCUT2D eigenvalue weighted by molar-refractivity contribution is 1.16. The number of anilines is 2. The quantitative estimate of drug-likeness (QED) is 0.827. The van der Waals surface area contributed by atoms with E-state index in [1.54, 1.807) is 6.20 Å². The average Bonchev–Trinajstić information content (AvgIpc) is 2.29. The SMILES string of the molecule is Cc1ccccc1N(C)c1ccncc1Br. The van der Waals surface area contributed by atoms with Crippen LogP contribution in [0.3, 0.4) is 0 Å². The Hall–Kier alpha value is -1.35. The third-order valence-electron chi connectivity index (χ3n) is 2.59. The van der Waals surface area contributed by atoms with Crippen molar-refractivity contribution in [2.45, 2.75) is 6.92 Å². The molecule has 0 saturated heterocycles. The molecule has 16 heavy (non-hydrogen) atoms. The van der Waals surface area contributed by atoms with Gasteiger partial charge in [-0.15, -0.1) is 0 Å². The van der Waals surface area contributed by atoms with Crippen molar-refractivity contribution in [2.24, 2.45) is 0 Å². The van der Waals surface area contributed by atoms with Gasteiger partial charge in [0.05, 0.1) is 10.2 Å². The maximum absolute atomic E-state index is 4.07. The Balaban J connectivity index is 2.44. The molecule has 82 valence electrons. The van der Waals surface area contributed by atoms with E-state index in [1.807, 2.05) is 24.4 Å². The highest BCUT2D eigenvalue weighted by atomic mass is 79.9. The van der Waals surface area contributed by atoms with Crippen LogP contribution in [0.1, 0.15) is 5.56 Å². The fourth-order valence-electron chi connectivity index (χ4n) is 1.71. The molecule has 1 heterocycles. The lowest BCUT2D eigenvalue weighted by Crippen LogP contribution is -2.11. The van der Waals surface area contributed by atoms with Crippen LogP contribution in [0.15, 0.2) is 47.2 Å². The first-order chi connectivity index (χ1) is 7.70. The van der Waals surface area contributed by atoms with Crippen LogP contribution in [0.4, 0.5) is 11.4 Å². The summed E-state index contributed by atoms with van der Waals surface area (Å²) in [6.07, 6.45) is 3.61. The predicted molar refractivity (Wildman–Crippen MR) is 71.2 cm³/mol. The third-order valence-corrected chi connectivity index (χ3v) is 3.20. The fourth-order valence-corrected chi connectivity index (χ4v) is 2.23. The largest absolute Gasteiger partial charge is 0.343 e. The van der Waals surface area contributed by atoms with Gasteiger partial charge >= 0.3 is 0 Å². The van der Waals surface area contributed by atoms with Crippen LogP contribution >= 0.6 is 15.9 Å². The second-order valence-corrected chi connectivity index (χ2v) is 4.53. The summed E-state index contributed by atoms with van der Waals surface area (Å²) in [4.78, 5) is 6.22. The Kier molecular flexibility index (Phi) is 3.25. The molecule has 1 aromatic heterocycles. The second kappa shape index (κ2) is 4.66. The van der Waals surface area contributed by atoms with Crippen LogP contribution in [0.5, 0.6) is 0 Å². The smallest absolute Gasteiger partial charge is 0.0595 e. The van der Waals surface area contributed by atoms with E-state index in [1.165, 1.54) is 11.3 Å². The number of halogens is 1. The zero-order valence-corrected chi connectivity index (χ0v) is 10.9. The number of hydrogen-bond donors (Lipinski definition) is 0. The molecule has 0 unspecified atom stereocenters. The number of aryl methyl sites for hydroxylation is 1. The van der Waals surface area contributed by atoms with Gasteiger partial charge in [-0.2, -0.15) is 0 Å². The summed E-state index contributed by atoms with van der Waals surface area (Å²) in [7, 11) is 2.06. The molecule has 0 aliphatic carbocycles. The van der Waals surface area contributed by atoms with E-state index in [2.05, 4.69) is 51.9 Å². The standard InChI is InChI=1S/C13H13BrN2/c1-10-5-3-4-6-12(10)16(2)13-7-8-15-9-11(13)14/h3-9H,1-2H3. The fraction of sp³-hybridized carbons (Fsp3) is 0.154. The Labute approximate surface area is 104 Å². The van der Waals surface area contributed by atoms with Gasteiger partial charge in [0.25, 0.3) is 0 Å². The molecule has 2 rings (SSSR count). The van der Waals surface area contributed by atoms with E-state index < -0.39 is 0 Å². The van der Waals surface area contributed by atoms with Crippen molar-refractivity contribution < 1.29 is 0 Å². The molecule has 0 aliphatic rings. The van der Waals surface area contributed by atoms with Gasteiger partial charge in [-0.3, -0.25) is 4.98 Å². The molecule has 0 N–H and O–H groups in total. The summed E-state index contributed by atoms with van der Waals surface area (Å²) in [5, 5.41) is 0. The molecule has 0 radical (unpaired) electrons. The molecule has 0 saturated carbocycles. The molecule has 0 atom stereocenters. The molecule has 0 aliphatic heterocycles. The summed E-state index contributed by atoms with van der Waals surface area (Å²) in [5.74, 6) is 0. The van der Waals surface area contributed by atoms with Crippen LogP contribution in [-0.4, -0.2) is 12.0 Å². The number of benzene rings is 1. The molecular formula is C13H13BrN2. The number of pyridine rings is 1. The van der Waals surface area contributed by atoms with E-state index >= 15 is 0 Å². The van der Waals surface area contributed by atoms with Gasteiger partial charge in [-0.25, -0.2) is 0 Å².